The van der Waals surface area contributed by atoms with E-state index in [4.69, 9.17) is 0 Å². The van der Waals surface area contributed by atoms with Crippen LogP contribution >= 0.6 is 11.8 Å². The van der Waals surface area contributed by atoms with Crippen LogP contribution in [-0.2, 0) is 0 Å². The third-order valence-corrected chi connectivity index (χ3v) is 3.45. The van der Waals surface area contributed by atoms with E-state index in [9.17, 15) is 0 Å². The summed E-state index contributed by atoms with van der Waals surface area (Å²) < 4.78 is 0. The summed E-state index contributed by atoms with van der Waals surface area (Å²) in [4.78, 5) is 0. The van der Waals surface area contributed by atoms with E-state index in [0.717, 1.165) is 0 Å². The first kappa shape index (κ1) is 9.66. The molecule has 0 bridgehead atoms. The Balaban J connectivity index is 2.34. The zero-order valence-corrected chi connectivity index (χ0v) is 9.23. The van der Waals surface area contributed by atoms with Gasteiger partial charge in [0.15, 0.2) is 0 Å². The van der Waals surface area contributed by atoms with E-state index >= 15 is 0 Å². The van der Waals surface area contributed by atoms with Gasteiger partial charge < -0.3 is 5.32 Å². The van der Waals surface area contributed by atoms with Crippen LogP contribution in [0.25, 0.3) is 5.57 Å². The molecular weight excluding hydrogens is 190 g/mol. The molecule has 0 aromatic heterocycles. The largest absolute Gasteiger partial charge is 0.388 e. The van der Waals surface area contributed by atoms with E-state index in [1.54, 1.807) is 0 Å². The zero-order valence-electron chi connectivity index (χ0n) is 8.42. The van der Waals surface area contributed by atoms with Crippen LogP contribution < -0.4 is 5.32 Å². The number of anilines is 1. The number of hydrogen-bond donors (Lipinski definition) is 1. The SMILES string of the molecule is CNc1ccccc1C1=CSCCC1. The third kappa shape index (κ3) is 1.95. The topological polar surface area (TPSA) is 12.0 Å². The monoisotopic (exact) mass is 205 g/mol. The van der Waals surface area contributed by atoms with Gasteiger partial charge in [-0.05, 0) is 35.6 Å². The predicted octanol–water partition coefficient (Wildman–Crippen LogP) is 3.60. The van der Waals surface area contributed by atoms with Gasteiger partial charge in [-0.25, -0.2) is 0 Å². The fraction of sp³-hybridized carbons (Fsp3) is 0.333. The molecule has 1 nitrogen and oxygen atoms in total. The van der Waals surface area contributed by atoms with Gasteiger partial charge in [-0.1, -0.05) is 18.2 Å². The van der Waals surface area contributed by atoms with E-state index in [-0.39, 0.29) is 0 Å². The molecule has 0 atom stereocenters. The highest BCUT2D eigenvalue weighted by Crippen LogP contribution is 2.32. The molecule has 1 aliphatic rings. The maximum Gasteiger partial charge on any atom is 0.0414 e. The first-order valence-corrected chi connectivity index (χ1v) is 6.04. The summed E-state index contributed by atoms with van der Waals surface area (Å²) >= 11 is 1.93. The van der Waals surface area contributed by atoms with Crippen molar-refractivity contribution >= 4 is 23.0 Å². The summed E-state index contributed by atoms with van der Waals surface area (Å²) in [5.41, 5.74) is 4.08. The predicted molar refractivity (Wildman–Crippen MR) is 65.7 cm³/mol. The molecule has 0 amide bonds. The molecule has 74 valence electrons. The van der Waals surface area contributed by atoms with Crippen LogP contribution in [0, 0.1) is 0 Å². The van der Waals surface area contributed by atoms with E-state index in [0.29, 0.717) is 0 Å². The standard InChI is InChI=1S/C12H15NS/c1-13-12-7-3-2-6-11(12)10-5-4-8-14-9-10/h2-3,6-7,9,13H,4-5,8H2,1H3. The molecule has 0 saturated carbocycles. The Morgan fingerprint density at radius 1 is 1.29 bits per heavy atom. The Hall–Kier alpha value is -0.890. The van der Waals surface area contributed by atoms with Crippen LogP contribution in [0.1, 0.15) is 18.4 Å². The van der Waals surface area contributed by atoms with Gasteiger partial charge in [-0.3, -0.25) is 0 Å². The highest BCUT2D eigenvalue weighted by molar-refractivity contribution is 8.02. The van der Waals surface area contributed by atoms with Crippen LogP contribution in [-0.4, -0.2) is 12.8 Å². The molecule has 1 aromatic carbocycles. The zero-order chi connectivity index (χ0) is 9.80. The number of rotatable bonds is 2. The summed E-state index contributed by atoms with van der Waals surface area (Å²) in [6, 6.07) is 8.52. The molecule has 2 rings (SSSR count). The van der Waals surface area contributed by atoms with Crippen LogP contribution in [0.4, 0.5) is 5.69 Å². The molecule has 0 radical (unpaired) electrons. The molecule has 2 heteroatoms. The third-order valence-electron chi connectivity index (χ3n) is 2.48. The number of allylic oxidation sites excluding steroid dienone is 1. The first-order chi connectivity index (χ1) is 6.92. The van der Waals surface area contributed by atoms with Gasteiger partial charge in [0.1, 0.15) is 0 Å². The molecule has 0 aliphatic carbocycles. The fourth-order valence-electron chi connectivity index (χ4n) is 1.74. The number of thioether (sulfide) groups is 1. The number of benzene rings is 1. The molecular formula is C12H15NS. The molecule has 1 aliphatic heterocycles. The van der Waals surface area contributed by atoms with Crippen molar-refractivity contribution in [1.29, 1.82) is 0 Å². The Bertz CT molecular complexity index is 344. The smallest absolute Gasteiger partial charge is 0.0414 e. The highest BCUT2D eigenvalue weighted by atomic mass is 32.2. The Morgan fingerprint density at radius 3 is 2.86 bits per heavy atom. The second-order valence-electron chi connectivity index (χ2n) is 3.41. The number of para-hydroxylation sites is 1. The van der Waals surface area contributed by atoms with Gasteiger partial charge >= 0.3 is 0 Å². The van der Waals surface area contributed by atoms with Gasteiger partial charge in [0.2, 0.25) is 0 Å². The Kier molecular flexibility index (Phi) is 3.14. The van der Waals surface area contributed by atoms with E-state index in [1.807, 2.05) is 18.8 Å². The van der Waals surface area contributed by atoms with E-state index < -0.39 is 0 Å². The summed E-state index contributed by atoms with van der Waals surface area (Å²) in [6.45, 7) is 0. The summed E-state index contributed by atoms with van der Waals surface area (Å²) in [7, 11) is 1.98. The van der Waals surface area contributed by atoms with Gasteiger partial charge in [0, 0.05) is 18.3 Å². The molecule has 1 heterocycles. The number of nitrogens with one attached hydrogen (secondary N) is 1. The van der Waals surface area contributed by atoms with E-state index in [1.165, 1.54) is 35.4 Å². The minimum absolute atomic E-state index is 1.21. The van der Waals surface area contributed by atoms with Gasteiger partial charge in [-0.15, -0.1) is 11.8 Å². The highest BCUT2D eigenvalue weighted by Gasteiger charge is 2.09. The molecule has 1 aromatic rings. The lowest BCUT2D eigenvalue weighted by Gasteiger charge is -2.15. The maximum absolute atomic E-state index is 3.24. The molecule has 0 unspecified atom stereocenters. The molecule has 1 N–H and O–H groups in total. The van der Waals surface area contributed by atoms with Crippen molar-refractivity contribution in [2.24, 2.45) is 0 Å². The molecule has 0 fully saturated rings. The Labute approximate surface area is 89.6 Å². The van der Waals surface area contributed by atoms with Crippen LogP contribution in [0.3, 0.4) is 0 Å². The summed E-state index contributed by atoms with van der Waals surface area (Å²) in [6.07, 6.45) is 2.51. The van der Waals surface area contributed by atoms with Crippen molar-refractivity contribution in [2.75, 3.05) is 18.1 Å². The van der Waals surface area contributed by atoms with Crippen molar-refractivity contribution in [3.05, 3.63) is 35.2 Å². The lowest BCUT2D eigenvalue weighted by atomic mass is 10.0. The minimum atomic E-state index is 1.21. The van der Waals surface area contributed by atoms with Crippen molar-refractivity contribution in [3.63, 3.8) is 0 Å². The second-order valence-corrected chi connectivity index (χ2v) is 4.39. The second kappa shape index (κ2) is 4.56. The molecule has 0 saturated heterocycles. The average molecular weight is 205 g/mol. The van der Waals surface area contributed by atoms with Gasteiger partial charge in [0.25, 0.3) is 0 Å². The normalized spacial score (nSPS) is 16.2. The minimum Gasteiger partial charge on any atom is -0.388 e. The Morgan fingerprint density at radius 2 is 2.14 bits per heavy atom. The van der Waals surface area contributed by atoms with Crippen LogP contribution in [0.2, 0.25) is 0 Å². The first-order valence-electron chi connectivity index (χ1n) is 4.99. The lowest BCUT2D eigenvalue weighted by molar-refractivity contribution is 0.982. The van der Waals surface area contributed by atoms with Crippen molar-refractivity contribution < 1.29 is 0 Å². The average Bonchev–Trinajstić information content (AvgIpc) is 2.30. The number of hydrogen-bond acceptors (Lipinski definition) is 2. The van der Waals surface area contributed by atoms with Gasteiger partial charge in [0.05, 0.1) is 0 Å². The quantitative estimate of drug-likeness (QED) is 0.791. The molecule has 14 heavy (non-hydrogen) atoms. The lowest BCUT2D eigenvalue weighted by Crippen LogP contribution is -1.97. The fourth-order valence-corrected chi connectivity index (χ4v) is 2.62. The summed E-state index contributed by atoms with van der Waals surface area (Å²) in [5, 5.41) is 5.55. The van der Waals surface area contributed by atoms with Gasteiger partial charge in [-0.2, -0.15) is 0 Å². The van der Waals surface area contributed by atoms with Crippen LogP contribution in [0.5, 0.6) is 0 Å². The van der Waals surface area contributed by atoms with Crippen molar-refractivity contribution in [2.45, 2.75) is 12.8 Å². The van der Waals surface area contributed by atoms with Crippen molar-refractivity contribution in [3.8, 4) is 0 Å². The maximum atomic E-state index is 3.24. The van der Waals surface area contributed by atoms with Crippen LogP contribution in [0.15, 0.2) is 29.7 Å². The molecule has 0 spiro atoms. The summed E-state index contributed by atoms with van der Waals surface area (Å²) in [5.74, 6) is 1.27. The van der Waals surface area contributed by atoms with E-state index in [2.05, 4.69) is 35.0 Å². The van der Waals surface area contributed by atoms with Crippen molar-refractivity contribution in [1.82, 2.24) is 0 Å².